The molecule has 19 heavy (non-hydrogen) atoms. The smallest absolute Gasteiger partial charge is 0.171 e. The third kappa shape index (κ3) is 1.89. The minimum atomic E-state index is 0.409. The largest absolute Gasteiger partial charge is 0.381 e. The standard InChI is InChI=1S/C15H17N3O/c1-9(2)10-4-5-13-11(6-10)12(8-18(13)3)14-7-15(16)17-19-14/h4-9H,1-3H3,(H2,16,17). The van der Waals surface area contributed by atoms with Gasteiger partial charge in [0.25, 0.3) is 0 Å². The Labute approximate surface area is 111 Å². The van der Waals surface area contributed by atoms with E-state index in [-0.39, 0.29) is 0 Å². The van der Waals surface area contributed by atoms with E-state index in [9.17, 15) is 0 Å². The van der Waals surface area contributed by atoms with Gasteiger partial charge in [-0.25, -0.2) is 0 Å². The molecule has 2 N–H and O–H groups in total. The lowest BCUT2D eigenvalue weighted by Gasteiger charge is -2.06. The number of anilines is 1. The molecule has 0 saturated heterocycles. The van der Waals surface area contributed by atoms with Crippen molar-refractivity contribution in [3.05, 3.63) is 36.0 Å². The summed E-state index contributed by atoms with van der Waals surface area (Å²) in [6.07, 6.45) is 2.05. The van der Waals surface area contributed by atoms with Gasteiger partial charge in [-0.05, 0) is 23.6 Å². The first kappa shape index (κ1) is 11.8. The Balaban J connectivity index is 2.26. The maximum atomic E-state index is 5.63. The number of aromatic nitrogens is 2. The Hall–Kier alpha value is -2.23. The van der Waals surface area contributed by atoms with Gasteiger partial charge in [0, 0.05) is 35.8 Å². The number of hydrogen-bond donors (Lipinski definition) is 1. The van der Waals surface area contributed by atoms with Crippen LogP contribution in [0.25, 0.3) is 22.2 Å². The summed E-state index contributed by atoms with van der Waals surface area (Å²) in [4.78, 5) is 0. The molecule has 98 valence electrons. The molecular formula is C15H17N3O. The molecule has 3 rings (SSSR count). The third-order valence-electron chi connectivity index (χ3n) is 3.47. The van der Waals surface area contributed by atoms with E-state index in [1.165, 1.54) is 16.5 Å². The van der Waals surface area contributed by atoms with Gasteiger partial charge < -0.3 is 14.8 Å². The van der Waals surface area contributed by atoms with Crippen LogP contribution in [0, 0.1) is 0 Å². The fraction of sp³-hybridized carbons (Fsp3) is 0.267. The predicted octanol–water partition coefficient (Wildman–Crippen LogP) is 3.54. The van der Waals surface area contributed by atoms with Crippen LogP contribution in [0.3, 0.4) is 0 Å². The summed E-state index contributed by atoms with van der Waals surface area (Å²) >= 11 is 0. The van der Waals surface area contributed by atoms with Gasteiger partial charge in [0.05, 0.1) is 0 Å². The lowest BCUT2D eigenvalue weighted by Crippen LogP contribution is -1.88. The van der Waals surface area contributed by atoms with E-state index < -0.39 is 0 Å². The second-order valence-electron chi connectivity index (χ2n) is 5.20. The average Bonchev–Trinajstić information content (AvgIpc) is 2.93. The molecule has 2 aromatic heterocycles. The molecule has 0 radical (unpaired) electrons. The number of nitrogens with two attached hydrogens (primary N) is 1. The summed E-state index contributed by atoms with van der Waals surface area (Å²) in [5.41, 5.74) is 9.15. The Bertz CT molecular complexity index is 737. The molecule has 1 aromatic carbocycles. The maximum absolute atomic E-state index is 5.63. The molecule has 0 unspecified atom stereocenters. The van der Waals surface area contributed by atoms with Crippen LogP contribution >= 0.6 is 0 Å². The molecule has 0 aliphatic rings. The molecule has 4 nitrogen and oxygen atoms in total. The van der Waals surface area contributed by atoms with Gasteiger partial charge in [-0.1, -0.05) is 25.1 Å². The Morgan fingerprint density at radius 1 is 1.26 bits per heavy atom. The highest BCUT2D eigenvalue weighted by Gasteiger charge is 2.14. The SMILES string of the molecule is CC(C)c1ccc2c(c1)c(-c1cc(N)no1)cn2C. The summed E-state index contributed by atoms with van der Waals surface area (Å²) in [6.45, 7) is 4.38. The van der Waals surface area contributed by atoms with Crippen molar-refractivity contribution in [2.75, 3.05) is 5.73 Å². The zero-order valence-corrected chi connectivity index (χ0v) is 11.3. The fourth-order valence-electron chi connectivity index (χ4n) is 2.38. The van der Waals surface area contributed by atoms with Crippen molar-refractivity contribution in [3.8, 4) is 11.3 Å². The van der Waals surface area contributed by atoms with E-state index in [0.717, 1.165) is 5.56 Å². The van der Waals surface area contributed by atoms with Crippen LogP contribution in [-0.4, -0.2) is 9.72 Å². The van der Waals surface area contributed by atoms with Gasteiger partial charge in [-0.3, -0.25) is 0 Å². The molecule has 0 saturated carbocycles. The average molecular weight is 255 g/mol. The second kappa shape index (κ2) is 4.16. The van der Waals surface area contributed by atoms with E-state index in [4.69, 9.17) is 10.3 Å². The monoisotopic (exact) mass is 255 g/mol. The third-order valence-corrected chi connectivity index (χ3v) is 3.47. The van der Waals surface area contributed by atoms with E-state index in [2.05, 4.69) is 48.0 Å². The quantitative estimate of drug-likeness (QED) is 0.762. The predicted molar refractivity (Wildman–Crippen MR) is 76.9 cm³/mol. The minimum Gasteiger partial charge on any atom is -0.381 e. The first-order chi connectivity index (χ1) is 9.06. The van der Waals surface area contributed by atoms with Crippen LogP contribution in [0.2, 0.25) is 0 Å². The van der Waals surface area contributed by atoms with Crippen molar-refractivity contribution in [2.24, 2.45) is 7.05 Å². The molecule has 0 spiro atoms. The van der Waals surface area contributed by atoms with Crippen molar-refractivity contribution in [3.63, 3.8) is 0 Å². The molecule has 0 aliphatic heterocycles. The lowest BCUT2D eigenvalue weighted by atomic mass is 10.00. The van der Waals surface area contributed by atoms with Gasteiger partial charge in [-0.2, -0.15) is 0 Å². The summed E-state index contributed by atoms with van der Waals surface area (Å²) in [5.74, 6) is 1.62. The normalized spacial score (nSPS) is 11.6. The summed E-state index contributed by atoms with van der Waals surface area (Å²) in [7, 11) is 2.03. The highest BCUT2D eigenvalue weighted by atomic mass is 16.5. The second-order valence-corrected chi connectivity index (χ2v) is 5.20. The Kier molecular flexibility index (Phi) is 2.59. The molecule has 4 heteroatoms. The molecule has 0 aliphatic carbocycles. The summed E-state index contributed by atoms with van der Waals surface area (Å²) < 4.78 is 7.37. The van der Waals surface area contributed by atoms with Crippen molar-refractivity contribution in [1.29, 1.82) is 0 Å². The van der Waals surface area contributed by atoms with E-state index >= 15 is 0 Å². The molecule has 2 heterocycles. The first-order valence-electron chi connectivity index (χ1n) is 6.38. The Morgan fingerprint density at radius 3 is 2.68 bits per heavy atom. The van der Waals surface area contributed by atoms with E-state index in [0.29, 0.717) is 17.5 Å². The summed E-state index contributed by atoms with van der Waals surface area (Å²) in [5, 5.41) is 4.93. The Morgan fingerprint density at radius 2 is 2.05 bits per heavy atom. The van der Waals surface area contributed by atoms with Crippen LogP contribution in [0.4, 0.5) is 5.82 Å². The highest BCUT2D eigenvalue weighted by Crippen LogP contribution is 2.33. The number of hydrogen-bond acceptors (Lipinski definition) is 3. The number of fused-ring (bicyclic) bond motifs is 1. The van der Waals surface area contributed by atoms with Crippen molar-refractivity contribution >= 4 is 16.7 Å². The molecule has 0 fully saturated rings. The maximum Gasteiger partial charge on any atom is 0.171 e. The van der Waals surface area contributed by atoms with E-state index in [1.54, 1.807) is 6.07 Å². The van der Waals surface area contributed by atoms with Crippen LogP contribution < -0.4 is 5.73 Å². The number of rotatable bonds is 2. The van der Waals surface area contributed by atoms with Crippen molar-refractivity contribution < 1.29 is 4.52 Å². The van der Waals surface area contributed by atoms with Crippen LogP contribution in [0.5, 0.6) is 0 Å². The molecule has 3 aromatic rings. The van der Waals surface area contributed by atoms with Gasteiger partial charge >= 0.3 is 0 Å². The van der Waals surface area contributed by atoms with Crippen LogP contribution in [-0.2, 0) is 7.05 Å². The number of aryl methyl sites for hydroxylation is 1. The van der Waals surface area contributed by atoms with Gasteiger partial charge in [0.1, 0.15) is 0 Å². The molecular weight excluding hydrogens is 238 g/mol. The van der Waals surface area contributed by atoms with Crippen LogP contribution in [0.1, 0.15) is 25.3 Å². The minimum absolute atomic E-state index is 0.409. The highest BCUT2D eigenvalue weighted by molar-refractivity contribution is 5.95. The summed E-state index contributed by atoms with van der Waals surface area (Å²) in [6, 6.07) is 8.30. The fourth-order valence-corrected chi connectivity index (χ4v) is 2.38. The topological polar surface area (TPSA) is 57.0 Å². The van der Waals surface area contributed by atoms with Crippen LogP contribution in [0.15, 0.2) is 35.0 Å². The van der Waals surface area contributed by atoms with Crippen molar-refractivity contribution in [1.82, 2.24) is 9.72 Å². The van der Waals surface area contributed by atoms with Gasteiger partial charge in [0.2, 0.25) is 0 Å². The number of nitrogens with zero attached hydrogens (tertiary/aromatic N) is 2. The number of nitrogen functional groups attached to an aromatic ring is 1. The zero-order chi connectivity index (χ0) is 13.6. The number of benzene rings is 1. The van der Waals surface area contributed by atoms with Gasteiger partial charge in [0.15, 0.2) is 11.6 Å². The lowest BCUT2D eigenvalue weighted by molar-refractivity contribution is 0.436. The molecule has 0 amide bonds. The molecule has 0 atom stereocenters. The zero-order valence-electron chi connectivity index (χ0n) is 11.3. The van der Waals surface area contributed by atoms with Crippen molar-refractivity contribution in [2.45, 2.75) is 19.8 Å². The van der Waals surface area contributed by atoms with E-state index in [1.807, 2.05) is 7.05 Å². The van der Waals surface area contributed by atoms with Gasteiger partial charge in [-0.15, -0.1) is 0 Å². The first-order valence-corrected chi connectivity index (χ1v) is 6.38. The molecule has 0 bridgehead atoms.